The molecule has 1 atom stereocenters. The summed E-state index contributed by atoms with van der Waals surface area (Å²) in [5.74, 6) is 1.40. The minimum absolute atomic E-state index is 0.114. The van der Waals surface area contributed by atoms with Crippen LogP contribution < -0.4 is 14.8 Å². The molecule has 0 radical (unpaired) electrons. The van der Waals surface area contributed by atoms with E-state index in [9.17, 15) is 9.59 Å². The maximum absolute atomic E-state index is 13.4. The van der Waals surface area contributed by atoms with Gasteiger partial charge in [0.25, 0.3) is 5.91 Å². The second-order valence-corrected chi connectivity index (χ2v) is 9.37. The molecule has 1 aliphatic carbocycles. The zero-order valence-electron chi connectivity index (χ0n) is 20.9. The van der Waals surface area contributed by atoms with E-state index in [4.69, 9.17) is 9.47 Å². The van der Waals surface area contributed by atoms with Gasteiger partial charge in [0.2, 0.25) is 5.91 Å². The Morgan fingerprint density at radius 1 is 1.00 bits per heavy atom. The number of nitrogens with one attached hydrogen (secondary N) is 1. The third kappa shape index (κ3) is 6.99. The highest BCUT2D eigenvalue weighted by molar-refractivity contribution is 5.88. The summed E-state index contributed by atoms with van der Waals surface area (Å²) in [6.45, 7) is 6.18. The first-order valence-corrected chi connectivity index (χ1v) is 12.3. The molecule has 0 unspecified atom stereocenters. The Morgan fingerprint density at radius 3 is 2.32 bits per heavy atom. The number of methoxy groups -OCH3 is 1. The fourth-order valence-corrected chi connectivity index (χ4v) is 4.39. The zero-order chi connectivity index (χ0) is 24.5. The van der Waals surface area contributed by atoms with Crippen molar-refractivity contribution in [2.75, 3.05) is 13.7 Å². The molecule has 0 aromatic heterocycles. The second kappa shape index (κ2) is 12.4. The predicted octanol–water partition coefficient (Wildman–Crippen LogP) is 5.06. The van der Waals surface area contributed by atoms with E-state index in [2.05, 4.69) is 19.2 Å². The van der Waals surface area contributed by atoms with Crippen LogP contribution >= 0.6 is 0 Å². The molecule has 0 saturated heterocycles. The lowest BCUT2D eigenvalue weighted by molar-refractivity contribution is -0.142. The number of nitrogens with zero attached hydrogens (tertiary/aromatic N) is 1. The number of rotatable bonds is 10. The van der Waals surface area contributed by atoms with Crippen LogP contribution in [0.1, 0.15) is 69.9 Å². The minimum Gasteiger partial charge on any atom is -0.497 e. The molecule has 0 spiro atoms. The summed E-state index contributed by atoms with van der Waals surface area (Å²) in [4.78, 5) is 28.1. The average Bonchev–Trinajstić information content (AvgIpc) is 2.86. The Hall–Kier alpha value is -3.02. The lowest BCUT2D eigenvalue weighted by Crippen LogP contribution is -2.51. The molecule has 1 aliphatic rings. The molecule has 3 rings (SSSR count). The Labute approximate surface area is 203 Å². The number of carbonyl (C=O) groups excluding carboxylic acids is 2. The van der Waals surface area contributed by atoms with E-state index in [0.29, 0.717) is 12.3 Å². The fourth-order valence-electron chi connectivity index (χ4n) is 4.39. The van der Waals surface area contributed by atoms with Crippen molar-refractivity contribution >= 4 is 11.8 Å². The largest absolute Gasteiger partial charge is 0.497 e. The van der Waals surface area contributed by atoms with Gasteiger partial charge in [0, 0.05) is 12.6 Å². The molecule has 184 valence electrons. The Kier molecular flexibility index (Phi) is 9.37. The highest BCUT2D eigenvalue weighted by Crippen LogP contribution is 2.26. The van der Waals surface area contributed by atoms with Gasteiger partial charge in [-0.2, -0.15) is 0 Å². The summed E-state index contributed by atoms with van der Waals surface area (Å²) in [7, 11) is 1.62. The van der Waals surface area contributed by atoms with Gasteiger partial charge in [-0.25, -0.2) is 0 Å². The summed E-state index contributed by atoms with van der Waals surface area (Å²) in [5, 5.41) is 3.16. The number of hydrogen-bond acceptors (Lipinski definition) is 4. The number of para-hydroxylation sites is 1. The summed E-state index contributed by atoms with van der Waals surface area (Å²) in [6, 6.07) is 14.9. The van der Waals surface area contributed by atoms with Crippen molar-refractivity contribution in [1.29, 1.82) is 0 Å². The van der Waals surface area contributed by atoms with Crippen LogP contribution in [0.4, 0.5) is 0 Å². The molecule has 6 heteroatoms. The zero-order valence-corrected chi connectivity index (χ0v) is 20.9. The first-order valence-electron chi connectivity index (χ1n) is 12.3. The van der Waals surface area contributed by atoms with Crippen molar-refractivity contribution in [3.8, 4) is 11.5 Å². The third-order valence-electron chi connectivity index (χ3n) is 6.52. The van der Waals surface area contributed by atoms with Gasteiger partial charge < -0.3 is 19.7 Å². The maximum Gasteiger partial charge on any atom is 0.261 e. The SMILES string of the molecule is COc1ccc(CN(C(=O)COc2ccccc2C(C)C)[C@@H](C)C(=O)NC2CCCCC2)cc1. The Balaban J connectivity index is 1.74. The van der Waals surface area contributed by atoms with Crippen LogP contribution in [0.3, 0.4) is 0 Å². The standard InChI is InChI=1S/C28H38N2O4/c1-20(2)25-12-8-9-13-26(25)34-19-27(31)30(18-22-14-16-24(33-4)17-15-22)21(3)28(32)29-23-10-6-5-7-11-23/h8-9,12-17,20-21,23H,5-7,10-11,18-19H2,1-4H3,(H,29,32)/t21-/m0/s1. The quantitative estimate of drug-likeness (QED) is 0.531. The van der Waals surface area contributed by atoms with E-state index in [1.807, 2.05) is 48.5 Å². The number of ether oxygens (including phenoxy) is 2. The van der Waals surface area contributed by atoms with E-state index < -0.39 is 6.04 Å². The lowest BCUT2D eigenvalue weighted by Gasteiger charge is -2.31. The lowest BCUT2D eigenvalue weighted by atomic mass is 9.95. The van der Waals surface area contributed by atoms with Crippen LogP contribution in [0, 0.1) is 0 Å². The molecule has 0 bridgehead atoms. The van der Waals surface area contributed by atoms with Gasteiger partial charge in [-0.3, -0.25) is 9.59 Å². The van der Waals surface area contributed by atoms with Crippen molar-refractivity contribution in [1.82, 2.24) is 10.2 Å². The van der Waals surface area contributed by atoms with Crippen LogP contribution in [0.15, 0.2) is 48.5 Å². The van der Waals surface area contributed by atoms with Crippen molar-refractivity contribution in [3.05, 3.63) is 59.7 Å². The molecule has 1 saturated carbocycles. The molecular formula is C28H38N2O4. The second-order valence-electron chi connectivity index (χ2n) is 9.37. The first-order chi connectivity index (χ1) is 16.4. The van der Waals surface area contributed by atoms with Gasteiger partial charge in [-0.15, -0.1) is 0 Å². The van der Waals surface area contributed by atoms with Gasteiger partial charge in [0.15, 0.2) is 6.61 Å². The summed E-state index contributed by atoms with van der Waals surface area (Å²) in [5.41, 5.74) is 1.98. The number of hydrogen-bond donors (Lipinski definition) is 1. The van der Waals surface area contributed by atoms with Crippen LogP contribution in [-0.4, -0.2) is 42.5 Å². The van der Waals surface area contributed by atoms with E-state index in [1.165, 1.54) is 6.42 Å². The van der Waals surface area contributed by atoms with Gasteiger partial charge >= 0.3 is 0 Å². The molecule has 0 heterocycles. The molecule has 34 heavy (non-hydrogen) atoms. The molecule has 6 nitrogen and oxygen atoms in total. The van der Waals surface area contributed by atoms with Crippen molar-refractivity contribution in [3.63, 3.8) is 0 Å². The van der Waals surface area contributed by atoms with E-state index >= 15 is 0 Å². The normalized spacial score (nSPS) is 15.0. The fraction of sp³-hybridized carbons (Fsp3) is 0.500. The van der Waals surface area contributed by atoms with E-state index in [1.54, 1.807) is 18.9 Å². The van der Waals surface area contributed by atoms with Crippen LogP contribution in [0.2, 0.25) is 0 Å². The first kappa shape index (κ1) is 25.6. The third-order valence-corrected chi connectivity index (χ3v) is 6.52. The van der Waals surface area contributed by atoms with Crippen LogP contribution in [0.5, 0.6) is 11.5 Å². The number of amides is 2. The van der Waals surface area contributed by atoms with Gasteiger partial charge in [-0.05, 0) is 55.0 Å². The summed E-state index contributed by atoms with van der Waals surface area (Å²) < 4.78 is 11.2. The van der Waals surface area contributed by atoms with Crippen molar-refractivity contribution < 1.29 is 19.1 Å². The van der Waals surface area contributed by atoms with E-state index in [0.717, 1.165) is 42.6 Å². The molecular weight excluding hydrogens is 428 g/mol. The molecule has 2 amide bonds. The highest BCUT2D eigenvalue weighted by Gasteiger charge is 2.28. The monoisotopic (exact) mass is 466 g/mol. The average molecular weight is 467 g/mol. The maximum atomic E-state index is 13.4. The van der Waals surface area contributed by atoms with Crippen molar-refractivity contribution in [2.24, 2.45) is 0 Å². The number of carbonyl (C=O) groups is 2. The van der Waals surface area contributed by atoms with Crippen LogP contribution in [0.25, 0.3) is 0 Å². The highest BCUT2D eigenvalue weighted by atomic mass is 16.5. The topological polar surface area (TPSA) is 67.9 Å². The van der Waals surface area contributed by atoms with Crippen molar-refractivity contribution in [2.45, 2.75) is 77.4 Å². The minimum atomic E-state index is -0.611. The predicted molar refractivity (Wildman–Crippen MR) is 134 cm³/mol. The van der Waals surface area contributed by atoms with Gasteiger partial charge in [0.05, 0.1) is 7.11 Å². The molecule has 1 fully saturated rings. The molecule has 2 aromatic carbocycles. The van der Waals surface area contributed by atoms with Gasteiger partial charge in [0.1, 0.15) is 17.5 Å². The van der Waals surface area contributed by atoms with Gasteiger partial charge in [-0.1, -0.05) is 63.4 Å². The molecule has 2 aromatic rings. The summed E-state index contributed by atoms with van der Waals surface area (Å²) >= 11 is 0. The smallest absolute Gasteiger partial charge is 0.261 e. The molecule has 0 aliphatic heterocycles. The summed E-state index contributed by atoms with van der Waals surface area (Å²) in [6.07, 6.45) is 5.49. The number of benzene rings is 2. The molecule has 1 N–H and O–H groups in total. The Bertz CT molecular complexity index is 936. The van der Waals surface area contributed by atoms with E-state index in [-0.39, 0.29) is 30.4 Å². The Morgan fingerprint density at radius 2 is 1.68 bits per heavy atom. The van der Waals surface area contributed by atoms with Crippen LogP contribution in [-0.2, 0) is 16.1 Å².